The van der Waals surface area contributed by atoms with Crippen molar-refractivity contribution in [2.75, 3.05) is 0 Å². The van der Waals surface area contributed by atoms with Crippen LogP contribution in [-0.2, 0) is 12.3 Å². The molecule has 1 aromatic heterocycles. The molecule has 2 aromatic rings. The predicted octanol–water partition coefficient (Wildman–Crippen LogP) is 2.21. The number of aromatic nitrogens is 2. The molecule has 1 aliphatic rings. The van der Waals surface area contributed by atoms with Gasteiger partial charge in [-0.3, -0.25) is 9.36 Å². The van der Waals surface area contributed by atoms with Gasteiger partial charge in [-0.1, -0.05) is 36.0 Å². The van der Waals surface area contributed by atoms with E-state index in [0.29, 0.717) is 12.1 Å². The largest absolute Gasteiger partial charge is 0.283 e. The Labute approximate surface area is 104 Å². The molecular formula is C13H12N2OS. The normalized spacial score (nSPS) is 13.7. The van der Waals surface area contributed by atoms with Crippen LogP contribution in [0.3, 0.4) is 0 Å². The third-order valence-corrected chi connectivity index (χ3v) is 4.02. The van der Waals surface area contributed by atoms with Crippen LogP contribution in [0, 0.1) is 6.92 Å². The van der Waals surface area contributed by atoms with Crippen molar-refractivity contribution < 1.29 is 0 Å². The number of aryl methyl sites for hydroxylation is 1. The number of benzene rings is 1. The topological polar surface area (TPSA) is 34.9 Å². The molecule has 4 heteroatoms. The SMILES string of the molecule is Cc1cnc2n(c1=O)Cc1ccccc1CS2. The Balaban J connectivity index is 2.19. The van der Waals surface area contributed by atoms with E-state index in [1.54, 1.807) is 22.5 Å². The standard InChI is InChI=1S/C13H12N2OS/c1-9-6-14-13-15(12(9)16)7-10-4-2-3-5-11(10)8-17-13/h2-6H,7-8H2,1H3. The smallest absolute Gasteiger partial charge is 0.257 e. The van der Waals surface area contributed by atoms with Crippen molar-refractivity contribution in [1.29, 1.82) is 0 Å². The number of thioether (sulfide) groups is 1. The second-order valence-electron chi connectivity index (χ2n) is 4.17. The summed E-state index contributed by atoms with van der Waals surface area (Å²) in [5, 5.41) is 0.816. The Bertz CT molecular complexity index is 634. The lowest BCUT2D eigenvalue weighted by Crippen LogP contribution is -2.24. The van der Waals surface area contributed by atoms with E-state index in [2.05, 4.69) is 17.1 Å². The highest BCUT2D eigenvalue weighted by atomic mass is 32.2. The van der Waals surface area contributed by atoms with Gasteiger partial charge in [-0.25, -0.2) is 4.98 Å². The molecular weight excluding hydrogens is 232 g/mol. The van der Waals surface area contributed by atoms with Crippen LogP contribution in [0.2, 0.25) is 0 Å². The lowest BCUT2D eigenvalue weighted by Gasteiger charge is -2.08. The first-order valence-electron chi connectivity index (χ1n) is 5.52. The van der Waals surface area contributed by atoms with Gasteiger partial charge in [-0.05, 0) is 18.1 Å². The summed E-state index contributed by atoms with van der Waals surface area (Å²) in [5.41, 5.74) is 3.28. The highest BCUT2D eigenvalue weighted by Gasteiger charge is 2.15. The molecule has 0 spiro atoms. The van der Waals surface area contributed by atoms with E-state index < -0.39 is 0 Å². The number of fused-ring (bicyclic) bond motifs is 2. The molecule has 0 N–H and O–H groups in total. The highest BCUT2D eigenvalue weighted by molar-refractivity contribution is 7.98. The minimum atomic E-state index is 0.0687. The van der Waals surface area contributed by atoms with Gasteiger partial charge in [0.05, 0.1) is 6.54 Å². The first-order chi connectivity index (χ1) is 8.25. The molecule has 1 aliphatic heterocycles. The average molecular weight is 244 g/mol. The summed E-state index contributed by atoms with van der Waals surface area (Å²) in [7, 11) is 0. The van der Waals surface area contributed by atoms with E-state index in [9.17, 15) is 4.79 Å². The maximum Gasteiger partial charge on any atom is 0.257 e. The lowest BCUT2D eigenvalue weighted by atomic mass is 10.1. The fourth-order valence-corrected chi connectivity index (χ4v) is 2.99. The van der Waals surface area contributed by atoms with Crippen molar-refractivity contribution >= 4 is 11.8 Å². The zero-order valence-electron chi connectivity index (χ0n) is 9.51. The summed E-state index contributed by atoms with van der Waals surface area (Å²) in [4.78, 5) is 16.4. The molecule has 1 aromatic carbocycles. The molecule has 0 saturated heterocycles. The molecule has 86 valence electrons. The molecule has 0 aliphatic carbocycles. The Morgan fingerprint density at radius 1 is 1.29 bits per heavy atom. The third-order valence-electron chi connectivity index (χ3n) is 2.99. The van der Waals surface area contributed by atoms with Crippen LogP contribution < -0.4 is 5.56 Å². The van der Waals surface area contributed by atoms with Gasteiger partial charge in [0.15, 0.2) is 5.16 Å². The van der Waals surface area contributed by atoms with E-state index in [0.717, 1.165) is 10.9 Å². The second kappa shape index (κ2) is 4.04. The quantitative estimate of drug-likeness (QED) is 0.666. The summed E-state index contributed by atoms with van der Waals surface area (Å²) >= 11 is 1.63. The van der Waals surface area contributed by atoms with Crippen molar-refractivity contribution in [3.05, 3.63) is 57.5 Å². The van der Waals surface area contributed by atoms with Gasteiger partial charge in [0.25, 0.3) is 5.56 Å². The molecule has 0 fully saturated rings. The van der Waals surface area contributed by atoms with Gasteiger partial charge in [-0.2, -0.15) is 0 Å². The van der Waals surface area contributed by atoms with Crippen LogP contribution >= 0.6 is 11.8 Å². The monoisotopic (exact) mass is 244 g/mol. The molecule has 0 bridgehead atoms. The molecule has 0 atom stereocenters. The molecule has 0 amide bonds. The van der Waals surface area contributed by atoms with Crippen LogP contribution in [0.25, 0.3) is 0 Å². The van der Waals surface area contributed by atoms with Gasteiger partial charge in [0.2, 0.25) is 0 Å². The van der Waals surface area contributed by atoms with E-state index in [-0.39, 0.29) is 5.56 Å². The molecule has 0 radical (unpaired) electrons. The Hall–Kier alpha value is -1.55. The highest BCUT2D eigenvalue weighted by Crippen LogP contribution is 2.26. The van der Waals surface area contributed by atoms with E-state index in [1.807, 2.05) is 19.1 Å². The van der Waals surface area contributed by atoms with Crippen molar-refractivity contribution in [1.82, 2.24) is 9.55 Å². The Kier molecular flexibility index (Phi) is 2.52. The van der Waals surface area contributed by atoms with Crippen molar-refractivity contribution in [2.45, 2.75) is 24.4 Å². The molecule has 0 saturated carbocycles. The fourth-order valence-electron chi connectivity index (χ4n) is 2.00. The zero-order chi connectivity index (χ0) is 11.8. The van der Waals surface area contributed by atoms with Crippen molar-refractivity contribution in [3.8, 4) is 0 Å². The summed E-state index contributed by atoms with van der Waals surface area (Å²) in [6, 6.07) is 8.26. The summed E-state index contributed by atoms with van der Waals surface area (Å²) in [5.74, 6) is 0.881. The van der Waals surface area contributed by atoms with Crippen molar-refractivity contribution in [3.63, 3.8) is 0 Å². The van der Waals surface area contributed by atoms with Crippen LogP contribution in [-0.4, -0.2) is 9.55 Å². The first-order valence-corrected chi connectivity index (χ1v) is 6.50. The van der Waals surface area contributed by atoms with Gasteiger partial charge >= 0.3 is 0 Å². The predicted molar refractivity (Wildman–Crippen MR) is 68.3 cm³/mol. The minimum Gasteiger partial charge on any atom is -0.283 e. The molecule has 3 nitrogen and oxygen atoms in total. The van der Waals surface area contributed by atoms with Gasteiger partial charge in [0, 0.05) is 17.5 Å². The summed E-state index contributed by atoms with van der Waals surface area (Å²) in [6.45, 7) is 2.44. The summed E-state index contributed by atoms with van der Waals surface area (Å²) in [6.07, 6.45) is 1.66. The first kappa shape index (κ1) is 10.6. The Morgan fingerprint density at radius 3 is 2.88 bits per heavy atom. The van der Waals surface area contributed by atoms with Gasteiger partial charge in [0.1, 0.15) is 0 Å². The number of nitrogens with zero attached hydrogens (tertiary/aromatic N) is 2. The van der Waals surface area contributed by atoms with Gasteiger partial charge < -0.3 is 0 Å². The van der Waals surface area contributed by atoms with Crippen molar-refractivity contribution in [2.24, 2.45) is 0 Å². The van der Waals surface area contributed by atoms with E-state index in [1.165, 1.54) is 11.1 Å². The maximum atomic E-state index is 12.1. The van der Waals surface area contributed by atoms with Crippen LogP contribution in [0.5, 0.6) is 0 Å². The third kappa shape index (κ3) is 1.78. The molecule has 3 rings (SSSR count). The lowest BCUT2D eigenvalue weighted by molar-refractivity contribution is 0.641. The van der Waals surface area contributed by atoms with E-state index in [4.69, 9.17) is 0 Å². The Morgan fingerprint density at radius 2 is 2.06 bits per heavy atom. The van der Waals surface area contributed by atoms with Crippen LogP contribution in [0.15, 0.2) is 40.4 Å². The number of hydrogen-bond acceptors (Lipinski definition) is 3. The second-order valence-corrected chi connectivity index (χ2v) is 5.11. The summed E-state index contributed by atoms with van der Waals surface area (Å²) < 4.78 is 1.77. The number of hydrogen-bond donors (Lipinski definition) is 0. The van der Waals surface area contributed by atoms with Gasteiger partial charge in [-0.15, -0.1) is 0 Å². The average Bonchev–Trinajstić information content (AvgIpc) is 2.54. The molecule has 17 heavy (non-hydrogen) atoms. The van der Waals surface area contributed by atoms with Crippen LogP contribution in [0.1, 0.15) is 16.7 Å². The van der Waals surface area contributed by atoms with Crippen LogP contribution in [0.4, 0.5) is 0 Å². The fraction of sp³-hybridized carbons (Fsp3) is 0.231. The molecule has 0 unspecified atom stereocenters. The zero-order valence-corrected chi connectivity index (χ0v) is 10.3. The molecule has 2 heterocycles. The minimum absolute atomic E-state index is 0.0687. The number of rotatable bonds is 0. The maximum absolute atomic E-state index is 12.1. The van der Waals surface area contributed by atoms with E-state index >= 15 is 0 Å².